The molecule has 1 rings (SSSR count). The van der Waals surface area contributed by atoms with Crippen LogP contribution in [0.3, 0.4) is 0 Å². The lowest BCUT2D eigenvalue weighted by Crippen LogP contribution is -2.28. The van der Waals surface area contributed by atoms with E-state index in [1.54, 1.807) is 10.6 Å². The van der Waals surface area contributed by atoms with Gasteiger partial charge in [-0.25, -0.2) is 0 Å². The molecule has 0 aliphatic heterocycles. The van der Waals surface area contributed by atoms with Gasteiger partial charge in [-0.2, -0.15) is 0 Å². The molecule has 1 heterocycles. The second-order valence-corrected chi connectivity index (χ2v) is 4.91. The minimum Gasteiger partial charge on any atom is -0.391 e. The number of aliphatic hydroxyl groups excluding tert-OH is 1. The minimum atomic E-state index is -0.185. The molecule has 0 radical (unpaired) electrons. The maximum absolute atomic E-state index is 12.1. The highest BCUT2D eigenvalue weighted by atomic mass is 16.3. The Bertz CT molecular complexity index is 405. The number of aromatic nitrogens is 1. The van der Waals surface area contributed by atoms with Gasteiger partial charge in [0.1, 0.15) is 0 Å². The molecule has 90 valence electrons. The predicted molar refractivity (Wildman–Crippen MR) is 65.6 cm³/mol. The molecular weight excluding hydrogens is 202 g/mol. The normalized spacial score (nSPS) is 11.4. The zero-order chi connectivity index (χ0) is 12.3. The van der Waals surface area contributed by atoms with Crippen molar-refractivity contribution < 1.29 is 5.11 Å². The van der Waals surface area contributed by atoms with Gasteiger partial charge in [0.05, 0.1) is 6.61 Å². The van der Waals surface area contributed by atoms with Crippen LogP contribution in [0.4, 0.5) is 0 Å². The van der Waals surface area contributed by atoms with E-state index in [4.69, 9.17) is 5.11 Å². The molecule has 3 heteroatoms. The van der Waals surface area contributed by atoms with Gasteiger partial charge in [-0.05, 0) is 24.0 Å². The number of pyridine rings is 1. The Labute approximate surface area is 96.7 Å². The Kier molecular flexibility index (Phi) is 4.30. The van der Waals surface area contributed by atoms with Crippen LogP contribution in [0.5, 0.6) is 0 Å². The second-order valence-electron chi connectivity index (χ2n) is 4.91. The van der Waals surface area contributed by atoms with Crippen LogP contribution >= 0.6 is 0 Å². The van der Waals surface area contributed by atoms with Crippen molar-refractivity contribution >= 4 is 0 Å². The van der Waals surface area contributed by atoms with E-state index in [1.807, 2.05) is 6.07 Å². The quantitative estimate of drug-likeness (QED) is 0.849. The predicted octanol–water partition coefficient (Wildman–Crippen LogP) is 2.12. The maximum atomic E-state index is 12.1. The van der Waals surface area contributed by atoms with Crippen molar-refractivity contribution in [2.24, 2.45) is 5.92 Å². The molecule has 0 unspecified atom stereocenters. The van der Waals surface area contributed by atoms with Crippen LogP contribution in [0.25, 0.3) is 0 Å². The van der Waals surface area contributed by atoms with Crippen molar-refractivity contribution in [3.63, 3.8) is 0 Å². The number of rotatable bonds is 4. The van der Waals surface area contributed by atoms with E-state index >= 15 is 0 Å². The first kappa shape index (κ1) is 13.0. The lowest BCUT2D eigenvalue weighted by Gasteiger charge is -2.18. The van der Waals surface area contributed by atoms with Gasteiger partial charge in [0.15, 0.2) is 0 Å². The summed E-state index contributed by atoms with van der Waals surface area (Å²) in [6.45, 7) is 8.84. The van der Waals surface area contributed by atoms with Gasteiger partial charge in [-0.3, -0.25) is 4.79 Å². The zero-order valence-electron chi connectivity index (χ0n) is 10.5. The number of nitrogens with zero attached hydrogens (tertiary/aromatic N) is 1. The van der Waals surface area contributed by atoms with E-state index in [1.165, 1.54) is 0 Å². The lowest BCUT2D eigenvalue weighted by atomic mass is 10.1. The van der Waals surface area contributed by atoms with Gasteiger partial charge < -0.3 is 9.67 Å². The van der Waals surface area contributed by atoms with Gasteiger partial charge in [0, 0.05) is 17.8 Å². The Morgan fingerprint density at radius 2 is 1.88 bits per heavy atom. The highest BCUT2D eigenvalue weighted by molar-refractivity contribution is 5.18. The van der Waals surface area contributed by atoms with Crippen LogP contribution in [0.15, 0.2) is 16.9 Å². The van der Waals surface area contributed by atoms with Crippen LogP contribution in [0, 0.1) is 5.92 Å². The molecule has 0 aromatic carbocycles. The topological polar surface area (TPSA) is 42.2 Å². The molecule has 1 aromatic heterocycles. The third-order valence-corrected chi connectivity index (χ3v) is 2.60. The average molecular weight is 223 g/mol. The van der Waals surface area contributed by atoms with Crippen molar-refractivity contribution in [3.8, 4) is 0 Å². The van der Waals surface area contributed by atoms with Crippen molar-refractivity contribution in [2.75, 3.05) is 0 Å². The summed E-state index contributed by atoms with van der Waals surface area (Å²) in [6.07, 6.45) is 0. The average Bonchev–Trinajstić information content (AvgIpc) is 2.19. The van der Waals surface area contributed by atoms with Crippen LogP contribution in [-0.2, 0) is 13.2 Å². The molecule has 3 nitrogen and oxygen atoms in total. The molecular formula is C13H21NO2. The zero-order valence-corrected chi connectivity index (χ0v) is 10.5. The minimum absolute atomic E-state index is 0.0533. The third kappa shape index (κ3) is 2.73. The molecule has 0 spiro atoms. The second kappa shape index (κ2) is 5.30. The van der Waals surface area contributed by atoms with Crippen molar-refractivity contribution in [1.29, 1.82) is 0 Å². The summed E-state index contributed by atoms with van der Waals surface area (Å²) in [7, 11) is 0. The van der Waals surface area contributed by atoms with E-state index in [0.717, 1.165) is 5.69 Å². The first-order valence-electron chi connectivity index (χ1n) is 5.80. The molecule has 1 N–H and O–H groups in total. The molecule has 0 amide bonds. The summed E-state index contributed by atoms with van der Waals surface area (Å²) in [5, 5.41) is 9.09. The molecule has 0 saturated heterocycles. The van der Waals surface area contributed by atoms with Crippen molar-refractivity contribution in [3.05, 3.63) is 33.7 Å². The first-order chi connectivity index (χ1) is 7.47. The van der Waals surface area contributed by atoms with Crippen LogP contribution in [0.1, 0.15) is 44.9 Å². The highest BCUT2D eigenvalue weighted by Gasteiger charge is 2.11. The smallest absolute Gasteiger partial charge is 0.256 e. The third-order valence-electron chi connectivity index (χ3n) is 2.60. The van der Waals surface area contributed by atoms with Crippen LogP contribution in [-0.4, -0.2) is 9.67 Å². The summed E-state index contributed by atoms with van der Waals surface area (Å²) in [4.78, 5) is 12.1. The Morgan fingerprint density at radius 1 is 1.25 bits per heavy atom. The van der Waals surface area contributed by atoms with E-state index < -0.39 is 0 Å². The molecule has 1 aromatic rings. The first-order valence-corrected chi connectivity index (χ1v) is 5.80. The van der Waals surface area contributed by atoms with Gasteiger partial charge in [0.25, 0.3) is 5.56 Å². The van der Waals surface area contributed by atoms with E-state index in [0.29, 0.717) is 23.9 Å². The van der Waals surface area contributed by atoms with Gasteiger partial charge in [0.2, 0.25) is 0 Å². The van der Waals surface area contributed by atoms with Gasteiger partial charge in [-0.15, -0.1) is 0 Å². The number of aliphatic hydroxyl groups is 1. The van der Waals surface area contributed by atoms with Gasteiger partial charge >= 0.3 is 0 Å². The molecule has 0 bridgehead atoms. The maximum Gasteiger partial charge on any atom is 0.256 e. The van der Waals surface area contributed by atoms with Crippen LogP contribution in [0.2, 0.25) is 0 Å². The molecule has 0 aliphatic rings. The molecule has 0 atom stereocenters. The monoisotopic (exact) mass is 223 g/mol. The van der Waals surface area contributed by atoms with Gasteiger partial charge in [-0.1, -0.05) is 27.7 Å². The Hall–Kier alpha value is -1.09. The standard InChI is InChI=1S/C13H21NO2/c1-9(2)7-14-12(10(3)4)6-5-11(8-15)13(14)16/h5-6,9-10,15H,7-8H2,1-4H3. The molecule has 0 fully saturated rings. The van der Waals surface area contributed by atoms with E-state index in [9.17, 15) is 4.79 Å². The van der Waals surface area contributed by atoms with E-state index in [-0.39, 0.29) is 12.2 Å². The number of hydrogen-bond donors (Lipinski definition) is 1. The fourth-order valence-electron chi connectivity index (χ4n) is 1.82. The Morgan fingerprint density at radius 3 is 2.31 bits per heavy atom. The molecule has 16 heavy (non-hydrogen) atoms. The summed E-state index contributed by atoms with van der Waals surface area (Å²) >= 11 is 0. The van der Waals surface area contributed by atoms with E-state index in [2.05, 4.69) is 27.7 Å². The van der Waals surface area contributed by atoms with Crippen LogP contribution < -0.4 is 5.56 Å². The number of hydrogen-bond acceptors (Lipinski definition) is 2. The summed E-state index contributed by atoms with van der Waals surface area (Å²) < 4.78 is 1.79. The molecule has 0 saturated carbocycles. The Balaban J connectivity index is 3.31. The fourth-order valence-corrected chi connectivity index (χ4v) is 1.82. The van der Waals surface area contributed by atoms with Crippen molar-refractivity contribution in [2.45, 2.75) is 46.8 Å². The lowest BCUT2D eigenvalue weighted by molar-refractivity contribution is 0.278. The largest absolute Gasteiger partial charge is 0.391 e. The molecule has 0 aliphatic carbocycles. The van der Waals surface area contributed by atoms with Crippen molar-refractivity contribution in [1.82, 2.24) is 4.57 Å². The summed E-state index contributed by atoms with van der Waals surface area (Å²) in [6, 6.07) is 3.68. The fraction of sp³-hybridized carbons (Fsp3) is 0.615. The summed E-state index contributed by atoms with van der Waals surface area (Å²) in [5.74, 6) is 0.739. The summed E-state index contributed by atoms with van der Waals surface area (Å²) in [5.41, 5.74) is 1.46. The highest BCUT2D eigenvalue weighted by Crippen LogP contribution is 2.14. The SMILES string of the molecule is CC(C)Cn1c(C(C)C)ccc(CO)c1=O.